The first-order valence-corrected chi connectivity index (χ1v) is 9.60. The van der Waals surface area contributed by atoms with Crippen molar-refractivity contribution in [2.45, 2.75) is 52.4 Å². The summed E-state index contributed by atoms with van der Waals surface area (Å²) in [6, 6.07) is 1.86. The van der Waals surface area contributed by atoms with Crippen molar-refractivity contribution >= 4 is 17.6 Å². The van der Waals surface area contributed by atoms with Gasteiger partial charge in [-0.1, -0.05) is 20.8 Å². The molecule has 154 valence electrons. The molecule has 1 aliphatic carbocycles. The maximum atomic E-state index is 13.2. The molecular formula is C19H25N7O3. The minimum atomic E-state index is -0.589. The molecule has 0 aromatic carbocycles. The van der Waals surface area contributed by atoms with Crippen molar-refractivity contribution in [3.05, 3.63) is 49.9 Å². The molecule has 0 radical (unpaired) electrons. The zero-order chi connectivity index (χ0) is 20.8. The third-order valence-corrected chi connectivity index (χ3v) is 4.66. The highest BCUT2D eigenvalue weighted by Gasteiger charge is 2.26. The van der Waals surface area contributed by atoms with E-state index in [0.717, 1.165) is 12.8 Å². The molecule has 1 unspecified atom stereocenters. The summed E-state index contributed by atoms with van der Waals surface area (Å²) in [5, 5.41) is 23.8. The Kier molecular flexibility index (Phi) is 4.56. The molecule has 2 aliphatic rings. The van der Waals surface area contributed by atoms with E-state index in [4.69, 9.17) is 0 Å². The second kappa shape index (κ2) is 6.94. The fourth-order valence-electron chi connectivity index (χ4n) is 3.23. The van der Waals surface area contributed by atoms with Crippen LogP contribution in [-0.2, 0) is 6.54 Å². The maximum Gasteiger partial charge on any atom is 0.289 e. The maximum absolute atomic E-state index is 13.2. The number of anilines is 1. The van der Waals surface area contributed by atoms with E-state index in [1.807, 2.05) is 20.8 Å². The molecule has 29 heavy (non-hydrogen) atoms. The van der Waals surface area contributed by atoms with Crippen LogP contribution >= 0.6 is 0 Å². The van der Waals surface area contributed by atoms with Gasteiger partial charge in [0.15, 0.2) is 5.22 Å². The van der Waals surface area contributed by atoms with E-state index in [2.05, 4.69) is 26.3 Å². The first-order chi connectivity index (χ1) is 13.7. The van der Waals surface area contributed by atoms with Crippen molar-refractivity contribution < 1.29 is 5.11 Å². The molecule has 0 bridgehead atoms. The highest BCUT2D eigenvalue weighted by molar-refractivity contribution is 5.49. The molecule has 3 heterocycles. The minimum Gasteiger partial charge on any atom is -0.494 e. The van der Waals surface area contributed by atoms with E-state index < -0.39 is 17.3 Å². The van der Waals surface area contributed by atoms with Gasteiger partial charge in [0, 0.05) is 18.7 Å². The van der Waals surface area contributed by atoms with Crippen molar-refractivity contribution in [1.29, 1.82) is 0 Å². The Balaban J connectivity index is 1.84. The predicted octanol–water partition coefficient (Wildman–Crippen LogP) is -1.00. The second-order valence-electron chi connectivity index (χ2n) is 8.64. The van der Waals surface area contributed by atoms with Crippen LogP contribution in [0.4, 0.5) is 5.69 Å². The molecule has 2 aromatic heterocycles. The number of hydrogen-bond donors (Lipinski definition) is 4. The van der Waals surface area contributed by atoms with Crippen LogP contribution in [0.25, 0.3) is 12.0 Å². The smallest absolute Gasteiger partial charge is 0.289 e. The third-order valence-electron chi connectivity index (χ3n) is 4.66. The summed E-state index contributed by atoms with van der Waals surface area (Å²) in [5.41, 5.74) is 2.89. The predicted molar refractivity (Wildman–Crippen MR) is 109 cm³/mol. The Morgan fingerprint density at radius 3 is 2.66 bits per heavy atom. The summed E-state index contributed by atoms with van der Waals surface area (Å²) in [7, 11) is 0. The van der Waals surface area contributed by atoms with Gasteiger partial charge in [-0.05, 0) is 24.3 Å². The second-order valence-corrected chi connectivity index (χ2v) is 8.64. The lowest BCUT2D eigenvalue weighted by Gasteiger charge is -2.21. The van der Waals surface area contributed by atoms with Crippen molar-refractivity contribution in [1.82, 2.24) is 24.8 Å². The van der Waals surface area contributed by atoms with Crippen LogP contribution in [0, 0.1) is 5.41 Å². The average Bonchev–Trinajstić information content (AvgIpc) is 3.35. The Morgan fingerprint density at radius 2 is 2.03 bits per heavy atom. The van der Waals surface area contributed by atoms with Gasteiger partial charge < -0.3 is 15.7 Å². The summed E-state index contributed by atoms with van der Waals surface area (Å²) in [5.74, 6) is -0.364. The highest BCUT2D eigenvalue weighted by atomic mass is 16.3. The SMILES string of the molecule is CC(C)(C)Cn1c(=O)c(=C(O)NC2CC2)c(=O)n2c1=CC(Nc1ccnnc1)N2. The van der Waals surface area contributed by atoms with Gasteiger partial charge >= 0.3 is 0 Å². The van der Waals surface area contributed by atoms with Crippen LogP contribution in [0.1, 0.15) is 33.6 Å². The largest absolute Gasteiger partial charge is 0.494 e. The molecular weight excluding hydrogens is 374 g/mol. The number of nitrogens with one attached hydrogen (secondary N) is 3. The van der Waals surface area contributed by atoms with Gasteiger partial charge in [-0.3, -0.25) is 19.6 Å². The van der Waals surface area contributed by atoms with E-state index in [9.17, 15) is 14.7 Å². The summed E-state index contributed by atoms with van der Waals surface area (Å²) in [4.78, 5) is 26.2. The number of fused-ring (bicyclic) bond motifs is 1. The lowest BCUT2D eigenvalue weighted by Crippen LogP contribution is -2.61. The topological polar surface area (TPSA) is 126 Å². The fourth-order valence-corrected chi connectivity index (χ4v) is 3.23. The molecule has 1 fully saturated rings. The molecule has 0 saturated heterocycles. The summed E-state index contributed by atoms with van der Waals surface area (Å²) >= 11 is 0. The summed E-state index contributed by atoms with van der Waals surface area (Å²) in [6.45, 7) is 6.41. The number of aromatic nitrogens is 4. The monoisotopic (exact) mass is 399 g/mol. The third kappa shape index (κ3) is 3.96. The molecule has 2 aromatic rings. The summed E-state index contributed by atoms with van der Waals surface area (Å²) in [6.07, 6.45) is 6.26. The molecule has 4 rings (SSSR count). The van der Waals surface area contributed by atoms with Gasteiger partial charge in [0.05, 0.1) is 18.1 Å². The molecule has 1 aliphatic heterocycles. The van der Waals surface area contributed by atoms with Gasteiger partial charge in [0.25, 0.3) is 11.1 Å². The minimum absolute atomic E-state index is 0.108. The number of rotatable bonds is 5. The van der Waals surface area contributed by atoms with Crippen LogP contribution in [0.3, 0.4) is 0 Å². The fraction of sp³-hybridized carbons (Fsp3) is 0.474. The Hall–Kier alpha value is -3.30. The van der Waals surface area contributed by atoms with Gasteiger partial charge in [0.1, 0.15) is 11.6 Å². The van der Waals surface area contributed by atoms with Gasteiger partial charge in [-0.25, -0.2) is 4.68 Å². The summed E-state index contributed by atoms with van der Waals surface area (Å²) < 4.78 is 2.83. The van der Waals surface area contributed by atoms with Crippen LogP contribution in [0.15, 0.2) is 28.0 Å². The number of nitrogens with zero attached hydrogens (tertiary/aromatic N) is 4. The van der Waals surface area contributed by atoms with Crippen molar-refractivity contribution in [3.63, 3.8) is 0 Å². The normalized spacial score (nSPS) is 19.1. The van der Waals surface area contributed by atoms with Crippen molar-refractivity contribution in [3.8, 4) is 0 Å². The van der Waals surface area contributed by atoms with Crippen LogP contribution in [-0.4, -0.2) is 36.8 Å². The Labute approximate surface area is 166 Å². The van der Waals surface area contributed by atoms with Crippen molar-refractivity contribution in [2.24, 2.45) is 5.41 Å². The van der Waals surface area contributed by atoms with Crippen molar-refractivity contribution in [2.75, 3.05) is 10.7 Å². The lowest BCUT2D eigenvalue weighted by atomic mass is 9.97. The molecule has 1 saturated carbocycles. The molecule has 4 N–H and O–H groups in total. The van der Waals surface area contributed by atoms with Crippen LogP contribution < -0.4 is 37.9 Å². The molecule has 1 atom stereocenters. The molecule has 10 nitrogen and oxygen atoms in total. The van der Waals surface area contributed by atoms with Gasteiger partial charge in [-0.15, -0.1) is 0 Å². The Bertz CT molecular complexity index is 1160. The standard InChI is InChI=1S/C19H25N7O3/c1-19(2,3)10-25-14-8-13(22-12-6-7-20-21-9-12)24-26(14)18(29)15(17(25)28)16(27)23-11-4-5-11/h6-9,11,13,23-24,27H,4-5,10H2,1-3H3,(H,20,22). The van der Waals surface area contributed by atoms with E-state index in [-0.39, 0.29) is 22.6 Å². The first-order valence-electron chi connectivity index (χ1n) is 9.60. The van der Waals surface area contributed by atoms with E-state index in [0.29, 0.717) is 17.7 Å². The van der Waals surface area contributed by atoms with Crippen LogP contribution in [0.2, 0.25) is 0 Å². The number of hydrogen-bond acceptors (Lipinski definition) is 8. The molecule has 10 heteroatoms. The number of aliphatic hydroxyl groups excluding tert-OH is 1. The first kappa shape index (κ1) is 19.0. The van der Waals surface area contributed by atoms with Crippen LogP contribution in [0.5, 0.6) is 0 Å². The van der Waals surface area contributed by atoms with E-state index in [1.54, 1.807) is 24.5 Å². The average molecular weight is 399 g/mol. The van der Waals surface area contributed by atoms with E-state index in [1.165, 1.54) is 9.24 Å². The zero-order valence-electron chi connectivity index (χ0n) is 16.6. The lowest BCUT2D eigenvalue weighted by molar-refractivity contribution is 0.326. The van der Waals surface area contributed by atoms with Gasteiger partial charge in [-0.2, -0.15) is 10.2 Å². The van der Waals surface area contributed by atoms with Gasteiger partial charge in [0.2, 0.25) is 5.88 Å². The highest BCUT2D eigenvalue weighted by Crippen LogP contribution is 2.19. The quantitative estimate of drug-likeness (QED) is 0.504. The Morgan fingerprint density at radius 1 is 1.28 bits per heavy atom. The molecule has 0 amide bonds. The zero-order valence-corrected chi connectivity index (χ0v) is 16.6. The number of aliphatic hydroxyl groups is 1. The molecule has 0 spiro atoms. The van der Waals surface area contributed by atoms with E-state index >= 15 is 0 Å².